The van der Waals surface area contributed by atoms with Crippen LogP contribution in [0.4, 0.5) is 5.69 Å². The smallest absolute Gasteiger partial charge is 0.296 e. The lowest BCUT2D eigenvalue weighted by Crippen LogP contribution is -2.34. The van der Waals surface area contributed by atoms with E-state index >= 15 is 0 Å². The molecular weight excluding hydrogens is 402 g/mol. The number of carbonyl (C=O) groups is 3. The zero-order valence-electron chi connectivity index (χ0n) is 18.7. The molecule has 1 aromatic heterocycles. The minimum atomic E-state index is -0.685. The Morgan fingerprint density at radius 2 is 1.62 bits per heavy atom. The molecule has 0 radical (unpaired) electrons. The predicted molar refractivity (Wildman–Crippen MR) is 126 cm³/mol. The molecule has 6 nitrogen and oxygen atoms in total. The van der Waals surface area contributed by atoms with Crippen molar-refractivity contribution in [3.63, 3.8) is 0 Å². The zero-order valence-corrected chi connectivity index (χ0v) is 18.7. The number of nitrogens with one attached hydrogen (secondary N) is 1. The quantitative estimate of drug-likeness (QED) is 0.478. The zero-order chi connectivity index (χ0) is 22.7. The second-order valence-corrected chi connectivity index (χ2v) is 8.57. The van der Waals surface area contributed by atoms with Gasteiger partial charge in [0.05, 0.1) is 5.56 Å². The van der Waals surface area contributed by atoms with Crippen LogP contribution in [0.5, 0.6) is 0 Å². The van der Waals surface area contributed by atoms with Crippen LogP contribution in [0.3, 0.4) is 0 Å². The number of aryl methyl sites for hydroxylation is 2. The van der Waals surface area contributed by atoms with Gasteiger partial charge < -0.3 is 14.8 Å². The Hall–Kier alpha value is -3.41. The Kier molecular flexibility index (Phi) is 6.40. The van der Waals surface area contributed by atoms with Gasteiger partial charge in [-0.2, -0.15) is 0 Å². The number of rotatable bonds is 5. The van der Waals surface area contributed by atoms with E-state index in [2.05, 4.69) is 5.32 Å². The Labute approximate surface area is 188 Å². The molecule has 1 fully saturated rings. The van der Waals surface area contributed by atoms with E-state index in [0.717, 1.165) is 55.4 Å². The van der Waals surface area contributed by atoms with Crippen LogP contribution < -0.4 is 5.32 Å². The molecule has 4 rings (SSSR count). The first-order chi connectivity index (χ1) is 15.4. The summed E-state index contributed by atoms with van der Waals surface area (Å²) in [6, 6.07) is 13.0. The summed E-state index contributed by atoms with van der Waals surface area (Å²) >= 11 is 0. The summed E-state index contributed by atoms with van der Waals surface area (Å²) in [7, 11) is 0. The van der Waals surface area contributed by atoms with Gasteiger partial charge in [-0.15, -0.1) is 0 Å². The third-order valence-corrected chi connectivity index (χ3v) is 6.27. The highest BCUT2D eigenvalue weighted by atomic mass is 16.2. The van der Waals surface area contributed by atoms with Crippen molar-refractivity contribution in [3.05, 3.63) is 65.4 Å². The highest BCUT2D eigenvalue weighted by Crippen LogP contribution is 2.23. The van der Waals surface area contributed by atoms with Gasteiger partial charge >= 0.3 is 0 Å². The van der Waals surface area contributed by atoms with E-state index in [0.29, 0.717) is 16.6 Å². The minimum absolute atomic E-state index is 0.0474. The van der Waals surface area contributed by atoms with E-state index < -0.39 is 11.7 Å². The molecule has 2 aromatic carbocycles. The lowest BCUT2D eigenvalue weighted by Gasteiger charge is -2.20. The van der Waals surface area contributed by atoms with Crippen LogP contribution in [0.1, 0.15) is 47.2 Å². The van der Waals surface area contributed by atoms with Crippen LogP contribution in [0.15, 0.2) is 48.7 Å². The van der Waals surface area contributed by atoms with Crippen LogP contribution in [-0.2, 0) is 16.1 Å². The summed E-state index contributed by atoms with van der Waals surface area (Å²) in [4.78, 5) is 40.6. The molecule has 32 heavy (non-hydrogen) atoms. The number of likely N-dealkylation sites (tertiary alicyclic amines) is 1. The lowest BCUT2D eigenvalue weighted by molar-refractivity contribution is -0.131. The van der Waals surface area contributed by atoms with Crippen LogP contribution >= 0.6 is 0 Å². The molecule has 0 bridgehead atoms. The summed E-state index contributed by atoms with van der Waals surface area (Å²) in [5, 5.41) is 3.39. The van der Waals surface area contributed by atoms with Gasteiger partial charge in [-0.1, -0.05) is 37.1 Å². The molecule has 1 aliphatic heterocycles. The van der Waals surface area contributed by atoms with Gasteiger partial charge in [0, 0.05) is 35.9 Å². The SMILES string of the molecule is Cc1ccc(NC(=O)C(=O)c2cn(CC(=O)N3CCCCCC3)c3ccccc23)cc1C. The Bertz CT molecular complexity index is 1170. The monoisotopic (exact) mass is 431 g/mol. The Morgan fingerprint density at radius 1 is 0.906 bits per heavy atom. The molecule has 3 aromatic rings. The van der Waals surface area contributed by atoms with Crippen molar-refractivity contribution in [3.8, 4) is 0 Å². The van der Waals surface area contributed by atoms with Crippen molar-refractivity contribution in [2.24, 2.45) is 0 Å². The largest absolute Gasteiger partial charge is 0.341 e. The Morgan fingerprint density at radius 3 is 2.34 bits per heavy atom. The first-order valence-corrected chi connectivity index (χ1v) is 11.2. The van der Waals surface area contributed by atoms with Crippen molar-refractivity contribution in [1.29, 1.82) is 0 Å². The number of carbonyl (C=O) groups excluding carboxylic acids is 3. The number of amides is 2. The highest BCUT2D eigenvalue weighted by Gasteiger charge is 2.23. The van der Waals surface area contributed by atoms with Crippen LogP contribution in [0.25, 0.3) is 10.9 Å². The van der Waals surface area contributed by atoms with E-state index in [9.17, 15) is 14.4 Å². The number of ketones is 1. The summed E-state index contributed by atoms with van der Waals surface area (Å²) in [6.07, 6.45) is 6.01. The van der Waals surface area contributed by atoms with Gasteiger partial charge in [-0.25, -0.2) is 0 Å². The maximum atomic E-state index is 13.0. The average molecular weight is 432 g/mol. The fourth-order valence-corrected chi connectivity index (χ4v) is 4.25. The molecule has 1 aliphatic rings. The van der Waals surface area contributed by atoms with E-state index in [1.54, 1.807) is 16.8 Å². The van der Waals surface area contributed by atoms with Crippen molar-refractivity contribution in [2.75, 3.05) is 18.4 Å². The maximum Gasteiger partial charge on any atom is 0.296 e. The molecule has 1 N–H and O–H groups in total. The molecule has 6 heteroatoms. The molecule has 0 saturated carbocycles. The molecule has 2 amide bonds. The average Bonchev–Trinajstić information content (AvgIpc) is 2.95. The van der Waals surface area contributed by atoms with Crippen molar-refractivity contribution in [1.82, 2.24) is 9.47 Å². The van der Waals surface area contributed by atoms with Gasteiger partial charge in [-0.05, 0) is 56.0 Å². The topological polar surface area (TPSA) is 71.4 Å². The van der Waals surface area contributed by atoms with Crippen LogP contribution in [0.2, 0.25) is 0 Å². The first kappa shape index (κ1) is 21.8. The van der Waals surface area contributed by atoms with Crippen LogP contribution in [0, 0.1) is 13.8 Å². The van der Waals surface area contributed by atoms with Gasteiger partial charge in [0.25, 0.3) is 11.7 Å². The normalized spacial score (nSPS) is 14.2. The Balaban J connectivity index is 1.57. The molecule has 0 unspecified atom stereocenters. The molecule has 166 valence electrons. The van der Waals surface area contributed by atoms with Gasteiger partial charge in [0.2, 0.25) is 5.91 Å². The molecule has 0 atom stereocenters. The predicted octanol–water partition coefficient (Wildman–Crippen LogP) is 4.48. The molecule has 0 aliphatic carbocycles. The highest BCUT2D eigenvalue weighted by molar-refractivity contribution is 6.48. The molecule has 1 saturated heterocycles. The third kappa shape index (κ3) is 4.59. The van der Waals surface area contributed by atoms with E-state index in [1.165, 1.54) is 0 Å². The second-order valence-electron chi connectivity index (χ2n) is 8.57. The number of aromatic nitrogens is 1. The number of benzene rings is 2. The fourth-order valence-electron chi connectivity index (χ4n) is 4.25. The van der Waals surface area contributed by atoms with Crippen molar-refractivity contribution >= 4 is 34.2 Å². The third-order valence-electron chi connectivity index (χ3n) is 6.27. The van der Waals surface area contributed by atoms with Crippen molar-refractivity contribution in [2.45, 2.75) is 46.1 Å². The number of anilines is 1. The summed E-state index contributed by atoms with van der Waals surface area (Å²) < 4.78 is 1.79. The van der Waals surface area contributed by atoms with E-state index in [1.807, 2.05) is 55.1 Å². The summed E-state index contributed by atoms with van der Waals surface area (Å²) in [5.74, 6) is -1.25. The number of Topliss-reactive ketones (excluding diaryl/α,β-unsaturated/α-hetero) is 1. The first-order valence-electron chi connectivity index (χ1n) is 11.2. The molecular formula is C26H29N3O3. The molecule has 0 spiro atoms. The molecule has 2 heterocycles. The number of fused-ring (bicyclic) bond motifs is 1. The lowest BCUT2D eigenvalue weighted by atomic mass is 10.1. The number of para-hydroxylation sites is 1. The van der Waals surface area contributed by atoms with E-state index in [4.69, 9.17) is 0 Å². The minimum Gasteiger partial charge on any atom is -0.341 e. The van der Waals surface area contributed by atoms with E-state index in [-0.39, 0.29) is 12.5 Å². The fraction of sp³-hybridized carbons (Fsp3) is 0.346. The van der Waals surface area contributed by atoms with Crippen LogP contribution in [-0.4, -0.2) is 40.2 Å². The van der Waals surface area contributed by atoms with Crippen molar-refractivity contribution < 1.29 is 14.4 Å². The summed E-state index contributed by atoms with van der Waals surface area (Å²) in [6.45, 7) is 5.67. The van der Waals surface area contributed by atoms with Gasteiger partial charge in [0.1, 0.15) is 6.54 Å². The number of hydrogen-bond donors (Lipinski definition) is 1. The number of hydrogen-bond acceptors (Lipinski definition) is 3. The maximum absolute atomic E-state index is 13.0. The number of nitrogens with zero attached hydrogens (tertiary/aromatic N) is 2. The standard InChI is InChI=1S/C26H29N3O3/c1-18-11-12-20(15-19(18)2)27-26(32)25(31)22-16-29(23-10-6-5-9-21(22)23)17-24(30)28-13-7-3-4-8-14-28/h5-6,9-12,15-16H,3-4,7-8,13-14,17H2,1-2H3,(H,27,32). The van der Waals surface area contributed by atoms with Gasteiger partial charge in [-0.3, -0.25) is 14.4 Å². The second kappa shape index (κ2) is 9.39. The summed E-state index contributed by atoms with van der Waals surface area (Å²) in [5.41, 5.74) is 3.83. The van der Waals surface area contributed by atoms with Gasteiger partial charge in [0.15, 0.2) is 0 Å².